The minimum Gasteiger partial charge on any atom is -0.491 e. The Morgan fingerprint density at radius 1 is 0.862 bits per heavy atom. The first-order valence-corrected chi connectivity index (χ1v) is 9.52. The molecule has 1 unspecified atom stereocenters. The number of aryl methyl sites for hydroxylation is 1. The van der Waals surface area contributed by atoms with Crippen LogP contribution in [0.1, 0.15) is 27.5 Å². The van der Waals surface area contributed by atoms with Gasteiger partial charge in [0.25, 0.3) is 5.91 Å². The Hall–Kier alpha value is -3.60. The van der Waals surface area contributed by atoms with Crippen LogP contribution in [0.25, 0.3) is 0 Å². The number of amides is 2. The van der Waals surface area contributed by atoms with Gasteiger partial charge in [0.15, 0.2) is 0 Å². The smallest absolute Gasteiger partial charge is 0.252 e. The largest absolute Gasteiger partial charge is 0.491 e. The van der Waals surface area contributed by atoms with Crippen molar-refractivity contribution >= 4 is 11.8 Å². The molecule has 1 atom stereocenters. The Morgan fingerprint density at radius 2 is 1.48 bits per heavy atom. The van der Waals surface area contributed by atoms with Gasteiger partial charge in [0.05, 0.1) is 6.54 Å². The lowest BCUT2D eigenvalue weighted by molar-refractivity contribution is -0.123. The summed E-state index contributed by atoms with van der Waals surface area (Å²) in [6, 6.07) is 25.0. The first kappa shape index (κ1) is 20.1. The van der Waals surface area contributed by atoms with Crippen molar-refractivity contribution in [2.75, 3.05) is 13.2 Å². The second-order valence-corrected chi connectivity index (χ2v) is 6.59. The van der Waals surface area contributed by atoms with Crippen molar-refractivity contribution in [3.8, 4) is 5.75 Å². The zero-order chi connectivity index (χ0) is 20.5. The molecular formula is C24H24N2O3. The second-order valence-electron chi connectivity index (χ2n) is 6.59. The Kier molecular flexibility index (Phi) is 7.00. The first-order chi connectivity index (χ1) is 14.1. The van der Waals surface area contributed by atoms with E-state index in [2.05, 4.69) is 10.6 Å². The highest BCUT2D eigenvalue weighted by Gasteiger charge is 2.22. The molecule has 0 fully saturated rings. The van der Waals surface area contributed by atoms with Gasteiger partial charge in [-0.05, 0) is 36.2 Å². The van der Waals surface area contributed by atoms with Gasteiger partial charge in [0.2, 0.25) is 5.91 Å². The zero-order valence-electron chi connectivity index (χ0n) is 16.3. The summed E-state index contributed by atoms with van der Waals surface area (Å²) < 4.78 is 5.72. The van der Waals surface area contributed by atoms with E-state index in [0.29, 0.717) is 24.3 Å². The Labute approximate surface area is 170 Å². The number of para-hydroxylation sites is 1. The minimum absolute atomic E-state index is 0.283. The van der Waals surface area contributed by atoms with Crippen molar-refractivity contribution in [3.63, 3.8) is 0 Å². The van der Waals surface area contributed by atoms with Gasteiger partial charge in [-0.15, -0.1) is 0 Å². The van der Waals surface area contributed by atoms with Crippen molar-refractivity contribution in [1.82, 2.24) is 10.6 Å². The monoisotopic (exact) mass is 388 g/mol. The number of carbonyl (C=O) groups is 2. The van der Waals surface area contributed by atoms with Crippen LogP contribution in [0.5, 0.6) is 5.75 Å². The predicted octanol–water partition coefficient (Wildman–Crippen LogP) is 3.66. The zero-order valence-corrected chi connectivity index (χ0v) is 16.3. The standard InChI is InChI=1S/C24H24N2O3/c1-18-10-8-9-15-21(18)29-17-16-25-24(28)22(19-11-4-2-5-12-19)26-23(27)20-13-6-3-7-14-20/h2-15,22H,16-17H2,1H3,(H,25,28)(H,26,27). The lowest BCUT2D eigenvalue weighted by Crippen LogP contribution is -2.41. The van der Waals surface area contributed by atoms with E-state index in [1.54, 1.807) is 24.3 Å². The minimum atomic E-state index is -0.789. The SMILES string of the molecule is Cc1ccccc1OCCNC(=O)C(NC(=O)c1ccccc1)c1ccccc1. The molecule has 5 nitrogen and oxygen atoms in total. The molecule has 0 aliphatic rings. The van der Waals surface area contributed by atoms with Crippen LogP contribution in [0.2, 0.25) is 0 Å². The molecule has 0 heterocycles. The highest BCUT2D eigenvalue weighted by atomic mass is 16.5. The summed E-state index contributed by atoms with van der Waals surface area (Å²) in [5, 5.41) is 5.67. The second kappa shape index (κ2) is 10.1. The molecule has 3 aromatic carbocycles. The van der Waals surface area contributed by atoms with Crippen LogP contribution in [-0.4, -0.2) is 25.0 Å². The number of rotatable bonds is 8. The topological polar surface area (TPSA) is 67.4 Å². The van der Waals surface area contributed by atoms with E-state index >= 15 is 0 Å². The van der Waals surface area contributed by atoms with Crippen LogP contribution >= 0.6 is 0 Å². The Morgan fingerprint density at radius 3 is 2.17 bits per heavy atom. The summed E-state index contributed by atoms with van der Waals surface area (Å²) >= 11 is 0. The maximum Gasteiger partial charge on any atom is 0.252 e. The summed E-state index contributed by atoms with van der Waals surface area (Å²) in [6.45, 7) is 2.64. The molecule has 0 spiro atoms. The fourth-order valence-corrected chi connectivity index (χ4v) is 2.91. The van der Waals surface area contributed by atoms with Crippen LogP contribution < -0.4 is 15.4 Å². The van der Waals surface area contributed by atoms with Crippen LogP contribution in [-0.2, 0) is 4.79 Å². The number of carbonyl (C=O) groups excluding carboxylic acids is 2. The van der Waals surface area contributed by atoms with Crippen molar-refractivity contribution < 1.29 is 14.3 Å². The third-order valence-corrected chi connectivity index (χ3v) is 4.46. The molecule has 0 saturated carbocycles. The molecule has 5 heteroatoms. The van der Waals surface area contributed by atoms with Gasteiger partial charge in [0, 0.05) is 5.56 Å². The van der Waals surface area contributed by atoms with Crippen LogP contribution in [0, 0.1) is 6.92 Å². The molecule has 0 aliphatic heterocycles. The first-order valence-electron chi connectivity index (χ1n) is 9.52. The molecule has 0 radical (unpaired) electrons. The molecule has 0 aromatic heterocycles. The van der Waals surface area contributed by atoms with Crippen LogP contribution in [0.4, 0.5) is 0 Å². The maximum absolute atomic E-state index is 12.8. The summed E-state index contributed by atoms with van der Waals surface area (Å²) in [6.07, 6.45) is 0. The lowest BCUT2D eigenvalue weighted by atomic mass is 10.1. The van der Waals surface area contributed by atoms with Crippen LogP contribution in [0.15, 0.2) is 84.9 Å². The molecule has 0 aliphatic carbocycles. The third kappa shape index (κ3) is 5.69. The van der Waals surface area contributed by atoms with Crippen molar-refractivity contribution in [2.45, 2.75) is 13.0 Å². The Balaban J connectivity index is 1.62. The molecule has 148 valence electrons. The molecule has 0 bridgehead atoms. The molecule has 29 heavy (non-hydrogen) atoms. The number of nitrogens with one attached hydrogen (secondary N) is 2. The molecule has 2 N–H and O–H groups in total. The van der Waals surface area contributed by atoms with Gasteiger partial charge in [0.1, 0.15) is 18.4 Å². The quantitative estimate of drug-likeness (QED) is 0.579. The van der Waals surface area contributed by atoms with Gasteiger partial charge in [-0.25, -0.2) is 0 Å². The normalized spacial score (nSPS) is 11.3. The van der Waals surface area contributed by atoms with E-state index in [-0.39, 0.29) is 11.8 Å². The average molecular weight is 388 g/mol. The van der Waals surface area contributed by atoms with Gasteiger partial charge >= 0.3 is 0 Å². The number of ether oxygens (including phenoxy) is 1. The number of hydrogen-bond acceptors (Lipinski definition) is 3. The fraction of sp³-hybridized carbons (Fsp3) is 0.167. The highest BCUT2D eigenvalue weighted by Crippen LogP contribution is 2.16. The van der Waals surface area contributed by atoms with Gasteiger partial charge in [-0.2, -0.15) is 0 Å². The highest BCUT2D eigenvalue weighted by molar-refractivity contribution is 5.97. The van der Waals surface area contributed by atoms with Gasteiger partial charge in [-0.1, -0.05) is 66.7 Å². The fourth-order valence-electron chi connectivity index (χ4n) is 2.91. The Bertz CT molecular complexity index is 943. The predicted molar refractivity (Wildman–Crippen MR) is 113 cm³/mol. The summed E-state index contributed by atoms with van der Waals surface area (Å²) in [4.78, 5) is 25.4. The molecule has 0 saturated heterocycles. The van der Waals surface area contributed by atoms with E-state index in [9.17, 15) is 9.59 Å². The summed E-state index contributed by atoms with van der Waals surface area (Å²) in [7, 11) is 0. The van der Waals surface area contributed by atoms with E-state index in [1.165, 1.54) is 0 Å². The number of benzene rings is 3. The lowest BCUT2D eigenvalue weighted by Gasteiger charge is -2.19. The van der Waals surface area contributed by atoms with Crippen molar-refractivity contribution in [3.05, 3.63) is 102 Å². The van der Waals surface area contributed by atoms with Crippen molar-refractivity contribution in [1.29, 1.82) is 0 Å². The van der Waals surface area contributed by atoms with E-state index in [1.807, 2.05) is 67.6 Å². The van der Waals surface area contributed by atoms with E-state index in [0.717, 1.165) is 11.3 Å². The summed E-state index contributed by atoms with van der Waals surface area (Å²) in [5.41, 5.74) is 2.26. The molecular weight excluding hydrogens is 364 g/mol. The maximum atomic E-state index is 12.8. The van der Waals surface area contributed by atoms with Crippen molar-refractivity contribution in [2.24, 2.45) is 0 Å². The van der Waals surface area contributed by atoms with Gasteiger partial charge < -0.3 is 15.4 Å². The van der Waals surface area contributed by atoms with E-state index in [4.69, 9.17) is 4.74 Å². The average Bonchev–Trinajstić information content (AvgIpc) is 2.77. The van der Waals surface area contributed by atoms with Gasteiger partial charge in [-0.3, -0.25) is 9.59 Å². The summed E-state index contributed by atoms with van der Waals surface area (Å²) in [5.74, 6) is 0.207. The molecule has 3 rings (SSSR count). The number of hydrogen-bond donors (Lipinski definition) is 2. The molecule has 3 aromatic rings. The molecule has 2 amide bonds. The van der Waals surface area contributed by atoms with E-state index < -0.39 is 6.04 Å². The van der Waals surface area contributed by atoms with Crippen LogP contribution in [0.3, 0.4) is 0 Å². The third-order valence-electron chi connectivity index (χ3n) is 4.46.